The van der Waals surface area contributed by atoms with E-state index in [1.807, 2.05) is 6.08 Å². The molecule has 1 fully saturated rings. The predicted octanol–water partition coefficient (Wildman–Crippen LogP) is 5.17. The lowest BCUT2D eigenvalue weighted by Crippen LogP contribution is -2.07. The second-order valence-corrected chi connectivity index (χ2v) is 6.05. The molecule has 1 aliphatic carbocycles. The van der Waals surface area contributed by atoms with Crippen molar-refractivity contribution in [2.75, 3.05) is 14.2 Å². The summed E-state index contributed by atoms with van der Waals surface area (Å²) in [6.45, 7) is 0. The molecule has 0 bridgehead atoms. The number of nitrogens with zero attached hydrogens (tertiary/aromatic N) is 1. The van der Waals surface area contributed by atoms with E-state index in [1.54, 1.807) is 38.5 Å². The fourth-order valence-electron chi connectivity index (χ4n) is 2.60. The van der Waals surface area contributed by atoms with Crippen LogP contribution in [0.2, 0.25) is 0 Å². The van der Waals surface area contributed by atoms with E-state index >= 15 is 0 Å². The molecule has 1 saturated carbocycles. The fourth-order valence-corrected chi connectivity index (χ4v) is 2.60. The van der Waals surface area contributed by atoms with E-state index in [2.05, 4.69) is 9.72 Å². The quantitative estimate of drug-likeness (QED) is 0.763. The lowest BCUT2D eigenvalue weighted by atomic mass is 9.89. The number of hydrogen-bond acceptors (Lipinski definition) is 3. The SMILES string of the molecule is COC.OC(C=C1CCC1)c1ccccc1-c1ccc(C(F)(F)F)nc1. The summed E-state index contributed by atoms with van der Waals surface area (Å²) in [7, 11) is 3.25. The van der Waals surface area contributed by atoms with Gasteiger partial charge in [-0.05, 0) is 36.5 Å². The second-order valence-electron chi connectivity index (χ2n) is 6.05. The molecule has 1 aromatic carbocycles. The van der Waals surface area contributed by atoms with Gasteiger partial charge < -0.3 is 9.84 Å². The van der Waals surface area contributed by atoms with Gasteiger partial charge in [-0.15, -0.1) is 0 Å². The lowest BCUT2D eigenvalue weighted by Gasteiger charge is -2.19. The summed E-state index contributed by atoms with van der Waals surface area (Å²) in [5, 5.41) is 10.4. The molecule has 26 heavy (non-hydrogen) atoms. The highest BCUT2D eigenvalue weighted by Crippen LogP contribution is 2.34. The number of aromatic nitrogens is 1. The van der Waals surface area contributed by atoms with Gasteiger partial charge in [0.25, 0.3) is 0 Å². The molecule has 0 aliphatic heterocycles. The van der Waals surface area contributed by atoms with E-state index in [0.717, 1.165) is 25.3 Å². The second kappa shape index (κ2) is 8.96. The molecule has 3 nitrogen and oxygen atoms in total. The molecule has 140 valence electrons. The fraction of sp³-hybridized carbons (Fsp3) is 0.350. The van der Waals surface area contributed by atoms with Crippen LogP contribution in [0.15, 0.2) is 54.2 Å². The Hall–Kier alpha value is -2.18. The molecule has 0 spiro atoms. The Kier molecular flexibility index (Phi) is 6.94. The van der Waals surface area contributed by atoms with Crippen LogP contribution >= 0.6 is 0 Å². The Balaban J connectivity index is 0.000000758. The number of rotatable bonds is 3. The zero-order valence-corrected chi connectivity index (χ0v) is 14.8. The molecule has 1 aromatic heterocycles. The van der Waals surface area contributed by atoms with Gasteiger partial charge in [0.15, 0.2) is 0 Å². The standard InChI is InChI=1S/C18H16F3NO.C2H6O/c19-18(20,21)17-9-8-13(11-22-17)14-6-1-2-7-15(14)16(23)10-12-4-3-5-12;1-3-2/h1-2,6-11,16,23H,3-5H2;1-2H3. The largest absolute Gasteiger partial charge is 0.433 e. The number of benzene rings is 1. The van der Waals surface area contributed by atoms with Crippen molar-refractivity contribution in [3.05, 3.63) is 65.5 Å². The minimum atomic E-state index is -4.45. The summed E-state index contributed by atoms with van der Waals surface area (Å²) < 4.78 is 42.1. The monoisotopic (exact) mass is 365 g/mol. The first-order valence-corrected chi connectivity index (χ1v) is 8.27. The number of halogens is 3. The molecule has 1 unspecified atom stereocenters. The molecule has 2 aromatic rings. The maximum Gasteiger partial charge on any atom is 0.433 e. The highest BCUT2D eigenvalue weighted by Gasteiger charge is 2.32. The van der Waals surface area contributed by atoms with Gasteiger partial charge in [-0.3, -0.25) is 4.98 Å². The summed E-state index contributed by atoms with van der Waals surface area (Å²) in [6.07, 6.45) is 0.964. The van der Waals surface area contributed by atoms with Crippen molar-refractivity contribution in [2.24, 2.45) is 0 Å². The Morgan fingerprint density at radius 2 is 1.77 bits per heavy atom. The van der Waals surface area contributed by atoms with Crippen molar-refractivity contribution in [2.45, 2.75) is 31.5 Å². The van der Waals surface area contributed by atoms with E-state index in [0.29, 0.717) is 16.7 Å². The summed E-state index contributed by atoms with van der Waals surface area (Å²) in [4.78, 5) is 3.49. The number of alkyl halides is 3. The van der Waals surface area contributed by atoms with Crippen molar-refractivity contribution in [1.29, 1.82) is 0 Å². The van der Waals surface area contributed by atoms with E-state index in [9.17, 15) is 18.3 Å². The molecule has 0 radical (unpaired) electrons. The Bertz CT molecular complexity index is 733. The number of hydrogen-bond donors (Lipinski definition) is 1. The molecule has 3 rings (SSSR count). The van der Waals surface area contributed by atoms with E-state index < -0.39 is 18.0 Å². The minimum Gasteiger partial charge on any atom is -0.388 e. The molecule has 6 heteroatoms. The van der Waals surface area contributed by atoms with Gasteiger partial charge in [0.1, 0.15) is 5.69 Å². The third kappa shape index (κ3) is 5.16. The zero-order chi connectivity index (χ0) is 19.2. The van der Waals surface area contributed by atoms with Crippen LogP contribution in [-0.2, 0) is 10.9 Å². The molecule has 0 saturated heterocycles. The van der Waals surface area contributed by atoms with Gasteiger partial charge in [-0.1, -0.05) is 42.0 Å². The van der Waals surface area contributed by atoms with Crippen LogP contribution in [-0.4, -0.2) is 24.3 Å². The molecular formula is C20H22F3NO2. The van der Waals surface area contributed by atoms with Crippen LogP contribution in [0, 0.1) is 0 Å². The lowest BCUT2D eigenvalue weighted by molar-refractivity contribution is -0.141. The number of methoxy groups -OCH3 is 1. The molecule has 1 N–H and O–H groups in total. The predicted molar refractivity (Wildman–Crippen MR) is 94.5 cm³/mol. The van der Waals surface area contributed by atoms with Gasteiger partial charge in [0, 0.05) is 26.0 Å². The van der Waals surface area contributed by atoms with Crippen LogP contribution in [0.5, 0.6) is 0 Å². The topological polar surface area (TPSA) is 42.4 Å². The number of pyridine rings is 1. The highest BCUT2D eigenvalue weighted by atomic mass is 19.4. The average Bonchev–Trinajstić information content (AvgIpc) is 2.58. The van der Waals surface area contributed by atoms with E-state index in [1.165, 1.54) is 17.8 Å². The maximum atomic E-state index is 12.6. The summed E-state index contributed by atoms with van der Waals surface area (Å²) in [6, 6.07) is 9.51. The van der Waals surface area contributed by atoms with E-state index in [-0.39, 0.29) is 0 Å². The van der Waals surface area contributed by atoms with Crippen LogP contribution < -0.4 is 0 Å². The van der Waals surface area contributed by atoms with Gasteiger partial charge >= 0.3 is 6.18 Å². The Labute approximate surface area is 151 Å². The van der Waals surface area contributed by atoms with Crippen molar-refractivity contribution in [1.82, 2.24) is 4.98 Å². The number of aliphatic hydroxyl groups is 1. The first-order valence-electron chi connectivity index (χ1n) is 8.27. The number of ether oxygens (including phenoxy) is 1. The van der Waals surface area contributed by atoms with Crippen molar-refractivity contribution < 1.29 is 23.0 Å². The third-order valence-corrected chi connectivity index (χ3v) is 4.03. The number of allylic oxidation sites excluding steroid dienone is 1. The summed E-state index contributed by atoms with van der Waals surface area (Å²) >= 11 is 0. The van der Waals surface area contributed by atoms with Gasteiger partial charge in [0.2, 0.25) is 0 Å². The van der Waals surface area contributed by atoms with Crippen molar-refractivity contribution in [3.63, 3.8) is 0 Å². The minimum absolute atomic E-state index is 0.555. The van der Waals surface area contributed by atoms with Gasteiger partial charge in [-0.25, -0.2) is 0 Å². The first-order chi connectivity index (χ1) is 12.4. The van der Waals surface area contributed by atoms with Crippen LogP contribution in [0.4, 0.5) is 13.2 Å². The summed E-state index contributed by atoms with van der Waals surface area (Å²) in [5.41, 5.74) is 2.22. The van der Waals surface area contributed by atoms with Gasteiger partial charge in [0.05, 0.1) is 6.10 Å². The number of aliphatic hydroxyl groups excluding tert-OH is 1. The van der Waals surface area contributed by atoms with Crippen molar-refractivity contribution >= 4 is 0 Å². The van der Waals surface area contributed by atoms with Crippen LogP contribution in [0.3, 0.4) is 0 Å². The molecular weight excluding hydrogens is 343 g/mol. The third-order valence-electron chi connectivity index (χ3n) is 4.03. The maximum absolute atomic E-state index is 12.6. The van der Waals surface area contributed by atoms with Crippen molar-refractivity contribution in [3.8, 4) is 11.1 Å². The highest BCUT2D eigenvalue weighted by molar-refractivity contribution is 5.67. The molecule has 1 atom stereocenters. The first kappa shape index (κ1) is 20.1. The Morgan fingerprint density at radius 3 is 2.27 bits per heavy atom. The molecule has 1 aliphatic rings. The normalized spacial score (nSPS) is 14.8. The van der Waals surface area contributed by atoms with Gasteiger partial charge in [-0.2, -0.15) is 13.2 Å². The van der Waals surface area contributed by atoms with Crippen LogP contribution in [0.1, 0.15) is 36.6 Å². The average molecular weight is 365 g/mol. The Morgan fingerprint density at radius 1 is 1.12 bits per heavy atom. The molecule has 1 heterocycles. The van der Waals surface area contributed by atoms with E-state index in [4.69, 9.17) is 0 Å². The molecule has 0 amide bonds. The summed E-state index contributed by atoms with van der Waals surface area (Å²) in [5.74, 6) is 0. The zero-order valence-electron chi connectivity index (χ0n) is 14.8. The van der Waals surface area contributed by atoms with Crippen LogP contribution in [0.25, 0.3) is 11.1 Å². The smallest absolute Gasteiger partial charge is 0.388 e.